The zero-order valence-corrected chi connectivity index (χ0v) is 12.2. The number of β-lactam (4-membered cyclic amide) rings is 1. The second kappa shape index (κ2) is 6.56. The number of Topliss-reactive ketones (excluding diaryl/α,β-unsaturated/α-hetero) is 1. The fourth-order valence-electron chi connectivity index (χ4n) is 3.23. The van der Waals surface area contributed by atoms with Crippen molar-refractivity contribution in [1.29, 1.82) is 0 Å². The number of hydrogen-bond donors (Lipinski definition) is 1. The van der Waals surface area contributed by atoms with E-state index in [4.69, 9.17) is 11.6 Å². The number of ketones is 1. The molecule has 2 unspecified atom stereocenters. The van der Waals surface area contributed by atoms with E-state index < -0.39 is 0 Å². The Morgan fingerprint density at radius 2 is 2.37 bits per heavy atom. The number of halogens is 1. The van der Waals surface area contributed by atoms with Crippen LogP contribution in [0, 0.1) is 17.8 Å². The summed E-state index contributed by atoms with van der Waals surface area (Å²) >= 11 is 5.77. The van der Waals surface area contributed by atoms with Crippen LogP contribution in [0.3, 0.4) is 0 Å². The predicted molar refractivity (Wildman–Crippen MR) is 76.0 cm³/mol. The molecule has 0 aromatic rings. The number of allylic oxidation sites excluding steroid dienone is 2. The minimum absolute atomic E-state index is 0.000855. The van der Waals surface area contributed by atoms with Crippen LogP contribution in [0.4, 0.5) is 0 Å². The smallest absolute Gasteiger partial charge is 0.225 e. The highest BCUT2D eigenvalue weighted by Gasteiger charge is 2.45. The summed E-state index contributed by atoms with van der Waals surface area (Å²) in [6.45, 7) is 1.60. The molecule has 0 aromatic carbocycles. The number of nitrogens with one attached hydrogen (secondary N) is 1. The fourth-order valence-corrected chi connectivity index (χ4v) is 3.47. The zero-order chi connectivity index (χ0) is 13.8. The van der Waals surface area contributed by atoms with Crippen LogP contribution in [0.25, 0.3) is 0 Å². The lowest BCUT2D eigenvalue weighted by molar-refractivity contribution is -0.140. The number of amides is 1. The maximum absolute atomic E-state index is 11.8. The summed E-state index contributed by atoms with van der Waals surface area (Å²) < 4.78 is 0. The Balaban J connectivity index is 1.97. The van der Waals surface area contributed by atoms with Crippen molar-refractivity contribution in [3.05, 3.63) is 12.2 Å². The Morgan fingerprint density at radius 3 is 2.89 bits per heavy atom. The number of hydrogen-bond acceptors (Lipinski definition) is 2. The lowest BCUT2D eigenvalue weighted by atomic mass is 9.73. The topological polar surface area (TPSA) is 46.2 Å². The molecule has 1 amide bonds. The quantitative estimate of drug-likeness (QED) is 0.463. The summed E-state index contributed by atoms with van der Waals surface area (Å²) in [4.78, 5) is 23.5. The number of carbonyl (C=O) groups excluding carboxylic acids is 2. The number of alkyl halides is 1. The van der Waals surface area contributed by atoms with Gasteiger partial charge in [-0.15, -0.1) is 11.6 Å². The first-order valence-electron chi connectivity index (χ1n) is 7.17. The van der Waals surface area contributed by atoms with E-state index in [1.54, 1.807) is 6.92 Å². The molecule has 0 saturated carbocycles. The highest BCUT2D eigenvalue weighted by Crippen LogP contribution is 2.33. The molecular formula is C15H22ClNO2. The molecule has 4 heteroatoms. The van der Waals surface area contributed by atoms with Crippen molar-refractivity contribution in [3.8, 4) is 0 Å². The van der Waals surface area contributed by atoms with Gasteiger partial charge in [-0.05, 0) is 44.9 Å². The maximum Gasteiger partial charge on any atom is 0.225 e. The summed E-state index contributed by atoms with van der Waals surface area (Å²) in [6, 6.07) is -0.000855. The average molecular weight is 284 g/mol. The molecule has 1 aliphatic carbocycles. The van der Waals surface area contributed by atoms with E-state index in [2.05, 4.69) is 17.5 Å². The third-order valence-corrected chi connectivity index (χ3v) is 4.58. The molecule has 19 heavy (non-hydrogen) atoms. The van der Waals surface area contributed by atoms with Crippen LogP contribution in [-0.2, 0) is 9.59 Å². The first-order chi connectivity index (χ1) is 9.13. The van der Waals surface area contributed by atoms with Gasteiger partial charge in [0.2, 0.25) is 5.91 Å². The highest BCUT2D eigenvalue weighted by molar-refractivity contribution is 6.18. The summed E-state index contributed by atoms with van der Waals surface area (Å²) in [5.41, 5.74) is 0. The maximum atomic E-state index is 11.8. The van der Waals surface area contributed by atoms with Crippen molar-refractivity contribution in [2.45, 2.75) is 45.1 Å². The Morgan fingerprint density at radius 1 is 1.58 bits per heavy atom. The summed E-state index contributed by atoms with van der Waals surface area (Å²) in [7, 11) is 0. The molecule has 1 heterocycles. The Kier molecular flexibility index (Phi) is 5.03. The fraction of sp³-hybridized carbons (Fsp3) is 0.733. The van der Waals surface area contributed by atoms with Crippen molar-refractivity contribution < 1.29 is 9.59 Å². The largest absolute Gasteiger partial charge is 0.352 e. The van der Waals surface area contributed by atoms with Gasteiger partial charge in [0.05, 0.1) is 12.0 Å². The molecule has 3 nitrogen and oxygen atoms in total. The lowest BCUT2D eigenvalue weighted by Gasteiger charge is -2.42. The summed E-state index contributed by atoms with van der Waals surface area (Å²) in [5.74, 6) is 1.07. The summed E-state index contributed by atoms with van der Waals surface area (Å²) in [5, 5.41) is 2.91. The van der Waals surface area contributed by atoms with E-state index in [0.29, 0.717) is 18.2 Å². The van der Waals surface area contributed by atoms with Gasteiger partial charge in [-0.25, -0.2) is 0 Å². The Labute approximate surface area is 119 Å². The van der Waals surface area contributed by atoms with Gasteiger partial charge >= 0.3 is 0 Å². The van der Waals surface area contributed by atoms with E-state index in [1.165, 1.54) is 6.42 Å². The predicted octanol–water partition coefficient (Wildman–Crippen LogP) is 2.68. The van der Waals surface area contributed by atoms with E-state index >= 15 is 0 Å². The molecule has 1 saturated heterocycles. The SMILES string of the molecule is CC(=O)C(CCCl)[C@@H]1NC(=O)C1C[C@@H]1C=CCCC1. The van der Waals surface area contributed by atoms with Crippen molar-refractivity contribution in [2.75, 3.05) is 5.88 Å². The van der Waals surface area contributed by atoms with Gasteiger partial charge in [-0.1, -0.05) is 12.2 Å². The van der Waals surface area contributed by atoms with E-state index in [0.717, 1.165) is 19.3 Å². The molecule has 2 rings (SSSR count). The summed E-state index contributed by atoms with van der Waals surface area (Å²) in [6.07, 6.45) is 9.49. The Bertz CT molecular complexity index is 380. The zero-order valence-electron chi connectivity index (χ0n) is 11.4. The van der Waals surface area contributed by atoms with Crippen LogP contribution in [0.5, 0.6) is 0 Å². The molecule has 2 aliphatic rings. The second-order valence-corrected chi connectivity index (χ2v) is 6.07. The molecular weight excluding hydrogens is 262 g/mol. The monoisotopic (exact) mass is 283 g/mol. The van der Waals surface area contributed by atoms with Gasteiger partial charge in [0.15, 0.2) is 0 Å². The lowest BCUT2D eigenvalue weighted by Crippen LogP contribution is -2.63. The van der Waals surface area contributed by atoms with Gasteiger partial charge < -0.3 is 5.32 Å². The molecule has 0 aromatic heterocycles. The van der Waals surface area contributed by atoms with Crippen LogP contribution in [-0.4, -0.2) is 23.6 Å². The minimum atomic E-state index is -0.118. The molecule has 1 fully saturated rings. The van der Waals surface area contributed by atoms with Crippen LogP contribution < -0.4 is 5.32 Å². The van der Waals surface area contributed by atoms with Crippen LogP contribution in [0.1, 0.15) is 39.0 Å². The Hall–Kier alpha value is -0.830. The average Bonchev–Trinajstić information content (AvgIpc) is 2.41. The van der Waals surface area contributed by atoms with Gasteiger partial charge in [-0.3, -0.25) is 9.59 Å². The molecule has 0 bridgehead atoms. The van der Waals surface area contributed by atoms with Crippen molar-refractivity contribution >= 4 is 23.3 Å². The highest BCUT2D eigenvalue weighted by atomic mass is 35.5. The molecule has 1 aliphatic heterocycles. The van der Waals surface area contributed by atoms with E-state index in [9.17, 15) is 9.59 Å². The molecule has 1 N–H and O–H groups in total. The molecule has 0 radical (unpaired) electrons. The van der Waals surface area contributed by atoms with Crippen molar-refractivity contribution in [3.63, 3.8) is 0 Å². The normalized spacial score (nSPS) is 31.5. The van der Waals surface area contributed by atoms with Gasteiger partial charge in [0.1, 0.15) is 5.78 Å². The van der Waals surface area contributed by atoms with Crippen LogP contribution in [0.2, 0.25) is 0 Å². The van der Waals surface area contributed by atoms with Crippen LogP contribution >= 0.6 is 11.6 Å². The number of carbonyl (C=O) groups is 2. The van der Waals surface area contributed by atoms with Gasteiger partial charge in [0.25, 0.3) is 0 Å². The van der Waals surface area contributed by atoms with E-state index in [1.807, 2.05) is 0 Å². The molecule has 0 spiro atoms. The second-order valence-electron chi connectivity index (χ2n) is 5.69. The van der Waals surface area contributed by atoms with Crippen molar-refractivity contribution in [1.82, 2.24) is 5.32 Å². The molecule has 4 atom stereocenters. The van der Waals surface area contributed by atoms with Gasteiger partial charge in [0, 0.05) is 11.8 Å². The third kappa shape index (κ3) is 3.38. The van der Waals surface area contributed by atoms with Gasteiger partial charge in [-0.2, -0.15) is 0 Å². The minimum Gasteiger partial charge on any atom is -0.352 e. The first kappa shape index (κ1) is 14.6. The van der Waals surface area contributed by atoms with Crippen LogP contribution in [0.15, 0.2) is 12.2 Å². The standard InChI is InChI=1S/C15H22ClNO2/c1-10(18)12(7-8-16)14-13(15(19)17-14)9-11-5-3-2-4-6-11/h3,5,11-14H,2,4,6-9H2,1H3,(H,17,19)/t11-,12?,13?,14+/m1/s1. The molecule has 106 valence electrons. The third-order valence-electron chi connectivity index (χ3n) is 4.37. The number of rotatable bonds is 6. The van der Waals surface area contributed by atoms with Crippen molar-refractivity contribution in [2.24, 2.45) is 17.8 Å². The first-order valence-corrected chi connectivity index (χ1v) is 7.70. The van der Waals surface area contributed by atoms with E-state index in [-0.39, 0.29) is 29.6 Å².